The molecule has 0 radical (unpaired) electrons. The molecule has 1 saturated carbocycles. The van der Waals surface area contributed by atoms with E-state index < -0.39 is 12.0 Å². The Morgan fingerprint density at radius 2 is 2.00 bits per heavy atom. The molecule has 3 atom stereocenters. The summed E-state index contributed by atoms with van der Waals surface area (Å²) in [5.41, 5.74) is 2.58. The quantitative estimate of drug-likeness (QED) is 0.223. The predicted octanol–water partition coefficient (Wildman–Crippen LogP) is 4.70. The molecule has 41 heavy (non-hydrogen) atoms. The van der Waals surface area contributed by atoms with Gasteiger partial charge in [0.05, 0.1) is 5.52 Å². The first-order valence-corrected chi connectivity index (χ1v) is 13.9. The molecule has 3 heterocycles. The molecule has 3 aromatic rings. The summed E-state index contributed by atoms with van der Waals surface area (Å²) < 4.78 is 2.00. The minimum Gasteiger partial charge on any atom is -0.476 e. The molecule has 0 spiro atoms. The molecule has 1 saturated heterocycles. The van der Waals surface area contributed by atoms with Gasteiger partial charge in [0.25, 0.3) is 0 Å². The van der Waals surface area contributed by atoms with Crippen molar-refractivity contribution in [2.45, 2.75) is 59.2 Å². The van der Waals surface area contributed by atoms with Gasteiger partial charge in [-0.3, -0.25) is 14.3 Å². The number of piperidine rings is 1. The number of aromatic carboxylic acids is 1. The average molecular weight is 621 g/mol. The number of allylic oxidation sites excluding steroid dienone is 1. The van der Waals surface area contributed by atoms with E-state index in [0.29, 0.717) is 33.6 Å². The summed E-state index contributed by atoms with van der Waals surface area (Å²) in [6.45, 7) is 10.8. The highest BCUT2D eigenvalue weighted by atomic mass is 79.9. The molecule has 1 aromatic carbocycles. The maximum Gasteiger partial charge on any atom is 0.357 e. The molecule has 11 nitrogen and oxygen atoms in total. The summed E-state index contributed by atoms with van der Waals surface area (Å²) in [6.07, 6.45) is 2.99. The number of benzene rings is 1. The van der Waals surface area contributed by atoms with Gasteiger partial charge in [-0.15, -0.1) is 0 Å². The van der Waals surface area contributed by atoms with Crippen LogP contribution >= 0.6 is 15.9 Å². The first-order valence-electron chi connectivity index (χ1n) is 13.1. The number of fused-ring (bicyclic) bond motifs is 2. The Morgan fingerprint density at radius 1 is 1.24 bits per heavy atom. The lowest BCUT2D eigenvalue weighted by molar-refractivity contribution is -0.138. The van der Waals surface area contributed by atoms with Crippen LogP contribution in [0.15, 0.2) is 51.1 Å². The van der Waals surface area contributed by atoms with Crippen LogP contribution in [-0.4, -0.2) is 67.2 Å². The van der Waals surface area contributed by atoms with Crippen LogP contribution in [-0.2, 0) is 16.1 Å². The molecule has 2 fully saturated rings. The highest BCUT2D eigenvalue weighted by Gasteiger charge is 2.64. The van der Waals surface area contributed by atoms with Crippen molar-refractivity contribution in [2.24, 2.45) is 15.4 Å². The number of amides is 2. The number of amidine groups is 1. The van der Waals surface area contributed by atoms with Gasteiger partial charge in [0.1, 0.15) is 28.8 Å². The first kappa shape index (κ1) is 28.3. The largest absolute Gasteiger partial charge is 0.476 e. The number of anilines is 1. The number of carboxylic acids is 1. The Labute approximate surface area is 245 Å². The zero-order valence-corrected chi connectivity index (χ0v) is 24.8. The van der Waals surface area contributed by atoms with Crippen LogP contribution in [0.4, 0.5) is 5.82 Å². The summed E-state index contributed by atoms with van der Waals surface area (Å²) in [5, 5.41) is 17.4. The molecule has 2 aromatic heterocycles. The van der Waals surface area contributed by atoms with Crippen molar-refractivity contribution in [2.75, 3.05) is 5.32 Å². The van der Waals surface area contributed by atoms with Crippen molar-refractivity contribution in [3.8, 4) is 0 Å². The Balaban J connectivity index is 1.42. The number of aliphatic imine (C=N–C) groups is 2. The summed E-state index contributed by atoms with van der Waals surface area (Å²) >= 11 is 3.33. The van der Waals surface area contributed by atoms with Gasteiger partial charge in [0.2, 0.25) is 11.8 Å². The van der Waals surface area contributed by atoms with E-state index in [1.165, 1.54) is 4.68 Å². The van der Waals surface area contributed by atoms with Crippen LogP contribution in [0.2, 0.25) is 0 Å². The minimum atomic E-state index is -1.20. The van der Waals surface area contributed by atoms with Gasteiger partial charge in [0.15, 0.2) is 5.69 Å². The summed E-state index contributed by atoms with van der Waals surface area (Å²) in [7, 11) is 0. The lowest BCUT2D eigenvalue weighted by Gasteiger charge is -2.27. The van der Waals surface area contributed by atoms with Gasteiger partial charge in [-0.25, -0.2) is 19.8 Å². The van der Waals surface area contributed by atoms with Crippen molar-refractivity contribution in [3.63, 3.8) is 0 Å². The second kappa shape index (κ2) is 10.7. The lowest BCUT2D eigenvalue weighted by atomic mass is 10.0. The number of aromatic nitrogens is 3. The number of carbonyl (C=O) groups is 3. The van der Waals surface area contributed by atoms with E-state index >= 15 is 0 Å². The molecule has 12 heteroatoms. The number of rotatable bonds is 7. The molecule has 212 valence electrons. The molecule has 0 bridgehead atoms. The van der Waals surface area contributed by atoms with Crippen LogP contribution in [0.1, 0.15) is 55.2 Å². The standard InChI is InChI=1S/C29H30BrN7O4/c1-15-6-9-23(30)33-26(15)34-27(39)21-11-29(4)12-22(29)37(21)24(38)14-36-20-8-7-18(16(2)13-32-17(3)31-5)10-19(20)25(35-36)28(40)41/h6-10,13,21-22H,5,11-12,14H2,1-4H3,(H,40,41)(H,33,34,39)/b16-13+,32-17?/t21-,22+,29-/m0/s1. The molecule has 2 amide bonds. The van der Waals surface area contributed by atoms with Crippen molar-refractivity contribution in [1.82, 2.24) is 19.7 Å². The predicted molar refractivity (Wildman–Crippen MR) is 160 cm³/mol. The number of nitrogens with zero attached hydrogens (tertiary/aromatic N) is 6. The van der Waals surface area contributed by atoms with E-state index in [-0.39, 0.29) is 35.5 Å². The zero-order chi connectivity index (χ0) is 29.6. The average Bonchev–Trinajstić information content (AvgIpc) is 3.30. The minimum absolute atomic E-state index is 0.0588. The van der Waals surface area contributed by atoms with Gasteiger partial charge in [-0.05, 0) is 96.6 Å². The monoisotopic (exact) mass is 619 g/mol. The number of aryl methyl sites for hydroxylation is 1. The molecule has 1 aliphatic heterocycles. The zero-order valence-electron chi connectivity index (χ0n) is 23.2. The highest BCUT2D eigenvalue weighted by molar-refractivity contribution is 9.10. The molecule has 2 aliphatic rings. The second-order valence-corrected chi connectivity index (χ2v) is 11.7. The fourth-order valence-electron chi connectivity index (χ4n) is 5.41. The molecular weight excluding hydrogens is 590 g/mol. The Bertz CT molecular complexity index is 1680. The molecular formula is C29H30BrN7O4. The van der Waals surface area contributed by atoms with E-state index in [2.05, 4.69) is 55.0 Å². The Hall–Kier alpha value is -4.19. The van der Waals surface area contributed by atoms with E-state index in [9.17, 15) is 19.5 Å². The molecule has 5 rings (SSSR count). The van der Waals surface area contributed by atoms with E-state index in [1.54, 1.807) is 36.2 Å². The van der Waals surface area contributed by atoms with Crippen LogP contribution in [0, 0.1) is 12.3 Å². The second-order valence-electron chi connectivity index (χ2n) is 10.9. The third-order valence-corrected chi connectivity index (χ3v) is 8.34. The highest BCUT2D eigenvalue weighted by Crippen LogP contribution is 2.59. The number of carboxylic acid groups (broad SMARTS) is 1. The normalized spacial score (nSPS) is 22.0. The van der Waals surface area contributed by atoms with Crippen LogP contribution in [0.5, 0.6) is 0 Å². The fourth-order valence-corrected chi connectivity index (χ4v) is 5.72. The number of hydrogen-bond acceptors (Lipinski definition) is 6. The number of hydrogen-bond donors (Lipinski definition) is 2. The number of carbonyl (C=O) groups excluding carboxylic acids is 2. The van der Waals surface area contributed by atoms with Gasteiger partial charge >= 0.3 is 5.97 Å². The summed E-state index contributed by atoms with van der Waals surface area (Å²) in [4.78, 5) is 53.2. The third-order valence-electron chi connectivity index (χ3n) is 7.90. The number of likely N-dealkylation sites (tertiary alicyclic amines) is 1. The molecule has 1 aliphatic carbocycles. The fraction of sp³-hybridized carbons (Fsp3) is 0.345. The van der Waals surface area contributed by atoms with Crippen molar-refractivity contribution in [3.05, 3.63) is 58.0 Å². The molecule has 2 N–H and O–H groups in total. The number of pyridine rings is 1. The van der Waals surface area contributed by atoms with Crippen molar-refractivity contribution in [1.29, 1.82) is 0 Å². The van der Waals surface area contributed by atoms with E-state index in [1.807, 2.05) is 26.0 Å². The van der Waals surface area contributed by atoms with Crippen LogP contribution < -0.4 is 5.32 Å². The SMILES string of the molecule is C=NC(C)=N/C=C(\C)c1ccc2c(c1)c(C(=O)O)nn2CC(=O)N1[C@H](C(=O)Nc2nc(Br)ccc2C)C[C@@]2(C)C[C@@H]12. The summed E-state index contributed by atoms with van der Waals surface area (Å²) in [6, 6.07) is 8.21. The third kappa shape index (κ3) is 5.43. The van der Waals surface area contributed by atoms with Crippen LogP contribution in [0.3, 0.4) is 0 Å². The van der Waals surface area contributed by atoms with Gasteiger partial charge in [-0.1, -0.05) is 19.1 Å². The van der Waals surface area contributed by atoms with Crippen LogP contribution in [0.25, 0.3) is 16.5 Å². The van der Waals surface area contributed by atoms with Crippen molar-refractivity contribution >= 4 is 68.6 Å². The van der Waals surface area contributed by atoms with E-state index in [0.717, 1.165) is 23.1 Å². The lowest BCUT2D eigenvalue weighted by Crippen LogP contribution is -2.47. The maximum atomic E-state index is 13.7. The van der Waals surface area contributed by atoms with Gasteiger partial charge in [-0.2, -0.15) is 5.10 Å². The number of halogens is 1. The van der Waals surface area contributed by atoms with E-state index in [4.69, 9.17) is 0 Å². The maximum absolute atomic E-state index is 13.7. The molecule has 0 unspecified atom stereocenters. The Kier molecular flexibility index (Phi) is 7.37. The first-order chi connectivity index (χ1) is 19.4. The smallest absolute Gasteiger partial charge is 0.357 e. The topological polar surface area (TPSA) is 142 Å². The Morgan fingerprint density at radius 3 is 2.71 bits per heavy atom. The van der Waals surface area contributed by atoms with Crippen molar-refractivity contribution < 1.29 is 19.5 Å². The number of nitrogens with one attached hydrogen (secondary N) is 1. The summed E-state index contributed by atoms with van der Waals surface area (Å²) in [5.74, 6) is -0.845. The van der Waals surface area contributed by atoms with Gasteiger partial charge < -0.3 is 15.3 Å². The van der Waals surface area contributed by atoms with Gasteiger partial charge in [0, 0.05) is 17.6 Å².